The quantitative estimate of drug-likeness (QED) is 0.575. The Balaban J connectivity index is 3.45. The fraction of sp³-hybridized carbons (Fsp3) is 0.200. The standard InChI is InChI=1S/C5H5N3O2/c1-3-4(8-10)5(9)7-2-6-3/h2H,1H3,(H,6,7,9). The van der Waals surface area contributed by atoms with Gasteiger partial charge in [0.15, 0.2) is 5.69 Å². The third-order valence-electron chi connectivity index (χ3n) is 1.10. The maximum absolute atomic E-state index is 10.7. The summed E-state index contributed by atoms with van der Waals surface area (Å²) in [5, 5.41) is 2.51. The summed E-state index contributed by atoms with van der Waals surface area (Å²) < 4.78 is 0. The van der Waals surface area contributed by atoms with E-state index in [1.165, 1.54) is 6.33 Å². The molecule has 1 N–H and O–H groups in total. The van der Waals surface area contributed by atoms with Crippen LogP contribution in [-0.4, -0.2) is 9.97 Å². The zero-order valence-corrected chi connectivity index (χ0v) is 5.29. The summed E-state index contributed by atoms with van der Waals surface area (Å²) in [6.45, 7) is 1.55. The molecule has 0 aromatic carbocycles. The monoisotopic (exact) mass is 139 g/mol. The van der Waals surface area contributed by atoms with Gasteiger partial charge in [-0.15, -0.1) is 4.91 Å². The molecule has 0 aliphatic rings. The smallest absolute Gasteiger partial charge is 0.280 e. The summed E-state index contributed by atoms with van der Waals surface area (Å²) in [5.74, 6) is 0. The molecule has 0 aliphatic carbocycles. The molecule has 0 unspecified atom stereocenters. The third kappa shape index (κ3) is 0.928. The van der Waals surface area contributed by atoms with E-state index in [1.54, 1.807) is 6.92 Å². The first-order chi connectivity index (χ1) is 4.75. The van der Waals surface area contributed by atoms with Gasteiger partial charge in [-0.3, -0.25) is 4.79 Å². The van der Waals surface area contributed by atoms with Crippen LogP contribution in [0, 0.1) is 11.8 Å². The van der Waals surface area contributed by atoms with Gasteiger partial charge >= 0.3 is 0 Å². The van der Waals surface area contributed by atoms with Crippen molar-refractivity contribution < 1.29 is 0 Å². The zero-order valence-electron chi connectivity index (χ0n) is 5.29. The Bertz CT molecular complexity index is 304. The van der Waals surface area contributed by atoms with Gasteiger partial charge in [0.05, 0.1) is 12.0 Å². The van der Waals surface area contributed by atoms with E-state index in [0.717, 1.165) is 0 Å². The van der Waals surface area contributed by atoms with Crippen molar-refractivity contribution in [3.63, 3.8) is 0 Å². The molecule has 0 amide bonds. The van der Waals surface area contributed by atoms with E-state index >= 15 is 0 Å². The zero-order chi connectivity index (χ0) is 7.56. The lowest BCUT2D eigenvalue weighted by Crippen LogP contribution is -2.06. The Hall–Kier alpha value is -1.52. The van der Waals surface area contributed by atoms with Crippen molar-refractivity contribution in [1.82, 2.24) is 9.97 Å². The molecule has 0 aliphatic heterocycles. The fourth-order valence-corrected chi connectivity index (χ4v) is 0.589. The van der Waals surface area contributed by atoms with Crippen molar-refractivity contribution >= 4 is 5.69 Å². The molecule has 1 aromatic rings. The van der Waals surface area contributed by atoms with Crippen molar-refractivity contribution in [2.24, 2.45) is 5.18 Å². The molecule has 0 spiro atoms. The van der Waals surface area contributed by atoms with Gasteiger partial charge in [-0.2, -0.15) is 0 Å². The molecule has 0 fully saturated rings. The van der Waals surface area contributed by atoms with Gasteiger partial charge in [-0.25, -0.2) is 4.98 Å². The average Bonchev–Trinajstić information content (AvgIpc) is 1.88. The van der Waals surface area contributed by atoms with Crippen molar-refractivity contribution in [1.29, 1.82) is 0 Å². The number of nitrogens with one attached hydrogen (secondary N) is 1. The van der Waals surface area contributed by atoms with Crippen LogP contribution in [0.2, 0.25) is 0 Å². The Kier molecular flexibility index (Phi) is 1.57. The van der Waals surface area contributed by atoms with Crippen LogP contribution in [0.4, 0.5) is 5.69 Å². The summed E-state index contributed by atoms with van der Waals surface area (Å²) in [4.78, 5) is 26.5. The molecule has 5 nitrogen and oxygen atoms in total. The average molecular weight is 139 g/mol. The van der Waals surface area contributed by atoms with Gasteiger partial charge in [-0.05, 0) is 12.1 Å². The normalized spacial score (nSPS) is 9.30. The molecule has 5 heteroatoms. The van der Waals surface area contributed by atoms with Crippen LogP contribution in [0.3, 0.4) is 0 Å². The summed E-state index contributed by atoms with van der Waals surface area (Å²) in [5.41, 5.74) is -0.302. The second-order valence-electron chi connectivity index (χ2n) is 1.76. The van der Waals surface area contributed by atoms with Crippen LogP contribution in [0.25, 0.3) is 0 Å². The molecule has 1 heterocycles. The van der Waals surface area contributed by atoms with E-state index in [4.69, 9.17) is 0 Å². The number of hydrogen-bond donors (Lipinski definition) is 1. The molecule has 0 saturated heterocycles. The van der Waals surface area contributed by atoms with E-state index in [-0.39, 0.29) is 5.69 Å². The van der Waals surface area contributed by atoms with Gasteiger partial charge in [0.25, 0.3) is 5.56 Å². The van der Waals surface area contributed by atoms with Crippen molar-refractivity contribution in [2.75, 3.05) is 0 Å². The number of H-pyrrole nitrogens is 1. The van der Waals surface area contributed by atoms with Crippen LogP contribution in [0.15, 0.2) is 16.3 Å². The van der Waals surface area contributed by atoms with E-state index in [0.29, 0.717) is 5.69 Å². The molecule has 0 atom stereocenters. The van der Waals surface area contributed by atoms with E-state index in [9.17, 15) is 9.70 Å². The van der Waals surface area contributed by atoms with Gasteiger partial charge in [0.2, 0.25) is 0 Å². The molecule has 0 radical (unpaired) electrons. The Morgan fingerprint density at radius 3 is 2.80 bits per heavy atom. The highest BCUT2D eigenvalue weighted by atomic mass is 16.3. The van der Waals surface area contributed by atoms with Crippen LogP contribution in [0.1, 0.15) is 5.69 Å². The number of hydrogen-bond acceptors (Lipinski definition) is 4. The number of nitrogens with zero attached hydrogens (tertiary/aromatic N) is 2. The second-order valence-corrected chi connectivity index (χ2v) is 1.76. The first kappa shape index (κ1) is 6.60. The number of aryl methyl sites for hydroxylation is 1. The summed E-state index contributed by atoms with van der Waals surface area (Å²) in [6, 6.07) is 0. The minimum absolute atomic E-state index is 0.150. The van der Waals surface area contributed by atoms with Gasteiger partial charge in [0, 0.05) is 0 Å². The lowest BCUT2D eigenvalue weighted by molar-refractivity contribution is 1.05. The molecule has 1 rings (SSSR count). The molecular weight excluding hydrogens is 134 g/mol. The summed E-state index contributed by atoms with van der Waals surface area (Å²) >= 11 is 0. The minimum atomic E-state index is -0.498. The van der Waals surface area contributed by atoms with Gasteiger partial charge in [0.1, 0.15) is 0 Å². The number of aromatic amines is 1. The number of rotatable bonds is 1. The highest BCUT2D eigenvalue weighted by Crippen LogP contribution is 2.05. The molecule has 0 saturated carbocycles. The molecule has 52 valence electrons. The number of nitroso groups, excluding NO2 is 1. The molecule has 0 bridgehead atoms. The molecule has 1 aromatic heterocycles. The Morgan fingerprint density at radius 2 is 2.40 bits per heavy atom. The van der Waals surface area contributed by atoms with Crippen molar-refractivity contribution in [3.8, 4) is 0 Å². The van der Waals surface area contributed by atoms with Crippen LogP contribution >= 0.6 is 0 Å². The maximum Gasteiger partial charge on any atom is 0.280 e. The Morgan fingerprint density at radius 1 is 1.70 bits per heavy atom. The van der Waals surface area contributed by atoms with Crippen LogP contribution in [-0.2, 0) is 0 Å². The SMILES string of the molecule is Cc1nc[nH]c(=O)c1N=O. The molecular formula is C5H5N3O2. The van der Waals surface area contributed by atoms with E-state index in [1.807, 2.05) is 0 Å². The highest BCUT2D eigenvalue weighted by Gasteiger charge is 2.02. The van der Waals surface area contributed by atoms with E-state index in [2.05, 4.69) is 15.1 Å². The second kappa shape index (κ2) is 2.38. The predicted octanol–water partition coefficient (Wildman–Crippen LogP) is 0.476. The first-order valence-electron chi connectivity index (χ1n) is 2.63. The van der Waals surface area contributed by atoms with Gasteiger partial charge < -0.3 is 4.98 Å². The maximum atomic E-state index is 10.7. The van der Waals surface area contributed by atoms with Gasteiger partial charge in [-0.1, -0.05) is 0 Å². The van der Waals surface area contributed by atoms with E-state index < -0.39 is 5.56 Å². The minimum Gasteiger partial charge on any atom is -0.311 e. The van der Waals surface area contributed by atoms with Crippen LogP contribution < -0.4 is 5.56 Å². The number of aromatic nitrogens is 2. The Labute approximate surface area is 56.1 Å². The van der Waals surface area contributed by atoms with Crippen molar-refractivity contribution in [3.05, 3.63) is 27.3 Å². The first-order valence-corrected chi connectivity index (χ1v) is 2.63. The van der Waals surface area contributed by atoms with Crippen molar-refractivity contribution in [2.45, 2.75) is 6.92 Å². The highest BCUT2D eigenvalue weighted by molar-refractivity contribution is 5.36. The summed E-state index contributed by atoms with van der Waals surface area (Å²) in [6.07, 6.45) is 1.23. The predicted molar refractivity (Wildman–Crippen MR) is 35.0 cm³/mol. The fourth-order valence-electron chi connectivity index (χ4n) is 0.589. The lowest BCUT2D eigenvalue weighted by Gasteiger charge is -1.89. The third-order valence-corrected chi connectivity index (χ3v) is 1.10. The van der Waals surface area contributed by atoms with Crippen LogP contribution in [0.5, 0.6) is 0 Å². The topological polar surface area (TPSA) is 75.2 Å². The lowest BCUT2D eigenvalue weighted by atomic mass is 10.4. The summed E-state index contributed by atoms with van der Waals surface area (Å²) in [7, 11) is 0. The largest absolute Gasteiger partial charge is 0.311 e. The molecule has 10 heavy (non-hydrogen) atoms.